The fraction of sp³-hybridized carbons (Fsp3) is 0.417. The van der Waals surface area contributed by atoms with Crippen LogP contribution in [0.4, 0.5) is 0 Å². The van der Waals surface area contributed by atoms with Gasteiger partial charge in [-0.15, -0.1) is 5.10 Å². The number of tetrazole rings is 1. The molecule has 2 aromatic rings. The lowest BCUT2D eigenvalue weighted by atomic mass is 10.1. The van der Waals surface area contributed by atoms with Crippen LogP contribution in [0.25, 0.3) is 0 Å². The number of carbonyl (C=O) groups excluding carboxylic acids is 1. The second-order valence-electron chi connectivity index (χ2n) is 4.51. The van der Waals surface area contributed by atoms with Crippen LogP contribution in [0.3, 0.4) is 0 Å². The summed E-state index contributed by atoms with van der Waals surface area (Å²) in [7, 11) is 1.75. The lowest BCUT2D eigenvalue weighted by Gasteiger charge is -2.06. The van der Waals surface area contributed by atoms with Crippen LogP contribution in [-0.4, -0.2) is 43.4 Å². The van der Waals surface area contributed by atoms with Crippen molar-refractivity contribution in [1.29, 1.82) is 0 Å². The summed E-state index contributed by atoms with van der Waals surface area (Å²) in [5.41, 5.74) is 1.39. The number of aromatic amines is 1. The van der Waals surface area contributed by atoms with Gasteiger partial charge in [-0.25, -0.2) is 4.68 Å². The first-order valence-electron chi connectivity index (χ1n) is 6.33. The van der Waals surface area contributed by atoms with Crippen LogP contribution >= 0.6 is 11.8 Å². The molecule has 112 valence electrons. The molecule has 2 heterocycles. The molecule has 0 fully saturated rings. The van der Waals surface area contributed by atoms with Crippen LogP contribution in [-0.2, 0) is 7.05 Å². The van der Waals surface area contributed by atoms with Gasteiger partial charge in [0.2, 0.25) is 5.16 Å². The predicted octanol–water partition coefficient (Wildman–Crippen LogP) is 0.0373. The van der Waals surface area contributed by atoms with Crippen molar-refractivity contribution >= 4 is 17.7 Å². The summed E-state index contributed by atoms with van der Waals surface area (Å²) in [4.78, 5) is 26.4. The molecule has 0 unspecified atom stereocenters. The zero-order valence-corrected chi connectivity index (χ0v) is 12.8. The Morgan fingerprint density at radius 3 is 2.90 bits per heavy atom. The molecule has 0 aromatic carbocycles. The number of H-pyrrole nitrogens is 1. The summed E-state index contributed by atoms with van der Waals surface area (Å²) >= 11 is 1.43. The first kappa shape index (κ1) is 15.2. The zero-order valence-electron chi connectivity index (χ0n) is 12.0. The molecule has 0 bridgehead atoms. The maximum atomic E-state index is 12.0. The largest absolute Gasteiger partial charge is 0.351 e. The molecule has 21 heavy (non-hydrogen) atoms. The molecule has 0 saturated heterocycles. The maximum absolute atomic E-state index is 12.0. The van der Waals surface area contributed by atoms with E-state index in [1.165, 1.54) is 11.8 Å². The summed E-state index contributed by atoms with van der Waals surface area (Å²) < 4.78 is 1.56. The summed E-state index contributed by atoms with van der Waals surface area (Å²) in [5, 5.41) is 14.4. The average Bonchev–Trinajstić information content (AvgIpc) is 2.84. The fourth-order valence-electron chi connectivity index (χ4n) is 1.64. The van der Waals surface area contributed by atoms with Crippen molar-refractivity contribution in [2.24, 2.45) is 7.05 Å². The third-order valence-corrected chi connectivity index (χ3v) is 3.95. The molecule has 2 rings (SSSR count). The van der Waals surface area contributed by atoms with E-state index in [2.05, 4.69) is 25.8 Å². The van der Waals surface area contributed by atoms with E-state index in [-0.39, 0.29) is 17.0 Å². The highest BCUT2D eigenvalue weighted by Crippen LogP contribution is 2.10. The third-order valence-electron chi connectivity index (χ3n) is 2.94. The molecule has 0 radical (unpaired) electrons. The second-order valence-corrected chi connectivity index (χ2v) is 5.57. The lowest BCUT2D eigenvalue weighted by Crippen LogP contribution is -2.31. The van der Waals surface area contributed by atoms with Gasteiger partial charge in [0.15, 0.2) is 0 Å². The Morgan fingerprint density at radius 2 is 2.24 bits per heavy atom. The van der Waals surface area contributed by atoms with Crippen LogP contribution in [0.5, 0.6) is 0 Å². The van der Waals surface area contributed by atoms with Crippen molar-refractivity contribution in [3.8, 4) is 0 Å². The van der Waals surface area contributed by atoms with Crippen LogP contribution in [0, 0.1) is 13.8 Å². The third kappa shape index (κ3) is 3.69. The molecule has 2 N–H and O–H groups in total. The van der Waals surface area contributed by atoms with E-state index in [1.807, 2.05) is 6.92 Å². The minimum absolute atomic E-state index is 0.128. The minimum atomic E-state index is -0.379. The quantitative estimate of drug-likeness (QED) is 0.596. The number of amides is 1. The van der Waals surface area contributed by atoms with Gasteiger partial charge in [0.05, 0.1) is 0 Å². The molecule has 1 amide bonds. The molecule has 0 aliphatic rings. The molecule has 0 spiro atoms. The van der Waals surface area contributed by atoms with Crippen LogP contribution < -0.4 is 10.9 Å². The number of hydrogen-bond donors (Lipinski definition) is 2. The number of aromatic nitrogens is 5. The average molecular weight is 308 g/mol. The number of rotatable bonds is 5. The Labute approximate surface area is 125 Å². The maximum Gasteiger partial charge on any atom is 0.261 e. The van der Waals surface area contributed by atoms with E-state index in [0.717, 1.165) is 11.3 Å². The normalized spacial score (nSPS) is 10.6. The summed E-state index contributed by atoms with van der Waals surface area (Å²) in [6.45, 7) is 4.06. The highest BCUT2D eigenvalue weighted by atomic mass is 32.2. The second kappa shape index (κ2) is 6.53. The predicted molar refractivity (Wildman–Crippen MR) is 78.4 cm³/mol. The van der Waals surface area contributed by atoms with E-state index in [9.17, 15) is 9.59 Å². The molecule has 0 aliphatic carbocycles. The molecule has 0 saturated carbocycles. The topological polar surface area (TPSA) is 106 Å². The summed E-state index contributed by atoms with van der Waals surface area (Å²) in [5.74, 6) is 0.235. The van der Waals surface area contributed by atoms with E-state index in [4.69, 9.17) is 0 Å². The van der Waals surface area contributed by atoms with Crippen LogP contribution in [0.2, 0.25) is 0 Å². The van der Waals surface area contributed by atoms with E-state index in [0.29, 0.717) is 17.5 Å². The van der Waals surface area contributed by atoms with Gasteiger partial charge < -0.3 is 10.3 Å². The lowest BCUT2D eigenvalue weighted by molar-refractivity contribution is 0.0954. The molecule has 0 atom stereocenters. The monoisotopic (exact) mass is 308 g/mol. The van der Waals surface area contributed by atoms with E-state index < -0.39 is 0 Å². The van der Waals surface area contributed by atoms with E-state index in [1.54, 1.807) is 24.7 Å². The Bertz CT molecular complexity index is 708. The van der Waals surface area contributed by atoms with Gasteiger partial charge in [0.1, 0.15) is 5.56 Å². The molecule has 2 aromatic heterocycles. The van der Waals surface area contributed by atoms with Crippen molar-refractivity contribution in [3.63, 3.8) is 0 Å². The first-order chi connectivity index (χ1) is 9.99. The fourth-order valence-corrected chi connectivity index (χ4v) is 2.35. The van der Waals surface area contributed by atoms with Gasteiger partial charge in [-0.2, -0.15) is 0 Å². The van der Waals surface area contributed by atoms with Crippen molar-refractivity contribution in [2.45, 2.75) is 19.0 Å². The Balaban J connectivity index is 1.89. The Hall–Kier alpha value is -2.16. The standard InChI is InChI=1S/C12H16N6O2S/c1-7-6-9(11(20)14-8(7)2)10(19)13-4-5-21-12-15-16-17-18(12)3/h6H,4-5H2,1-3H3,(H,13,19)(H,14,20). The number of aryl methyl sites for hydroxylation is 3. The number of nitrogens with one attached hydrogen (secondary N) is 2. The van der Waals surface area contributed by atoms with Crippen LogP contribution in [0.1, 0.15) is 21.6 Å². The van der Waals surface area contributed by atoms with E-state index >= 15 is 0 Å². The Kier molecular flexibility index (Phi) is 4.73. The SMILES string of the molecule is Cc1cc(C(=O)NCCSc2nnnn2C)c(=O)[nH]c1C. The highest BCUT2D eigenvalue weighted by Gasteiger charge is 2.11. The molecule has 8 nitrogen and oxygen atoms in total. The minimum Gasteiger partial charge on any atom is -0.351 e. The van der Waals surface area contributed by atoms with Crippen molar-refractivity contribution in [3.05, 3.63) is 33.2 Å². The Morgan fingerprint density at radius 1 is 1.48 bits per heavy atom. The summed E-state index contributed by atoms with van der Waals surface area (Å²) in [6, 6.07) is 1.60. The summed E-state index contributed by atoms with van der Waals surface area (Å²) in [6.07, 6.45) is 0. The number of thioether (sulfide) groups is 1. The molecular formula is C12H16N6O2S. The van der Waals surface area contributed by atoms with Gasteiger partial charge >= 0.3 is 0 Å². The first-order valence-corrected chi connectivity index (χ1v) is 7.31. The van der Waals surface area contributed by atoms with Crippen molar-refractivity contribution in [2.75, 3.05) is 12.3 Å². The van der Waals surface area contributed by atoms with Gasteiger partial charge in [-0.1, -0.05) is 11.8 Å². The van der Waals surface area contributed by atoms with Crippen molar-refractivity contribution < 1.29 is 4.79 Å². The van der Waals surface area contributed by atoms with Gasteiger partial charge in [-0.05, 0) is 35.9 Å². The number of carbonyl (C=O) groups is 1. The van der Waals surface area contributed by atoms with Gasteiger partial charge in [0, 0.05) is 25.0 Å². The van der Waals surface area contributed by atoms with Gasteiger partial charge in [0.25, 0.3) is 11.5 Å². The molecular weight excluding hydrogens is 292 g/mol. The highest BCUT2D eigenvalue weighted by molar-refractivity contribution is 7.99. The van der Waals surface area contributed by atoms with Gasteiger partial charge in [-0.3, -0.25) is 9.59 Å². The molecule has 9 heteroatoms. The number of pyridine rings is 1. The molecule has 0 aliphatic heterocycles. The zero-order chi connectivity index (χ0) is 15.4. The van der Waals surface area contributed by atoms with Crippen molar-refractivity contribution in [1.82, 2.24) is 30.5 Å². The smallest absolute Gasteiger partial charge is 0.261 e. The van der Waals surface area contributed by atoms with Crippen LogP contribution in [0.15, 0.2) is 16.0 Å². The number of nitrogens with zero attached hydrogens (tertiary/aromatic N) is 4. The number of hydrogen-bond acceptors (Lipinski definition) is 6.